The number of benzene rings is 1. The maximum absolute atomic E-state index is 11.2. The number of Topliss-reactive ketones (excluding diaryl/α,β-unsaturated/α-hetero) is 1. The zero-order chi connectivity index (χ0) is 11.7. The summed E-state index contributed by atoms with van der Waals surface area (Å²) in [5.41, 5.74) is 5.68. The third-order valence-electron chi connectivity index (χ3n) is 4.08. The molecule has 1 heteroatoms. The molecule has 1 saturated carbocycles. The molecule has 86 valence electrons. The Labute approximate surface area is 97.9 Å². The summed E-state index contributed by atoms with van der Waals surface area (Å²) >= 11 is 0. The number of rotatable bonds is 1. The molecule has 0 N–H and O–H groups in total. The smallest absolute Gasteiger partial charge is 0.132 e. The summed E-state index contributed by atoms with van der Waals surface area (Å²) in [6.07, 6.45) is 3.64. The summed E-state index contributed by atoms with van der Waals surface area (Å²) in [7, 11) is 0. The Hall–Kier alpha value is -1.11. The lowest BCUT2D eigenvalue weighted by molar-refractivity contribution is -0.120. The lowest BCUT2D eigenvalue weighted by atomic mass is 9.80. The quantitative estimate of drug-likeness (QED) is 0.697. The first-order valence-corrected chi connectivity index (χ1v) is 6.18. The van der Waals surface area contributed by atoms with Crippen molar-refractivity contribution >= 4 is 5.78 Å². The highest BCUT2D eigenvalue weighted by atomic mass is 16.1. The van der Waals surface area contributed by atoms with Crippen molar-refractivity contribution in [2.75, 3.05) is 0 Å². The van der Waals surface area contributed by atoms with E-state index < -0.39 is 0 Å². The summed E-state index contributed by atoms with van der Waals surface area (Å²) in [4.78, 5) is 11.2. The van der Waals surface area contributed by atoms with Crippen LogP contribution in [0.15, 0.2) is 12.1 Å². The summed E-state index contributed by atoms with van der Waals surface area (Å²) in [6, 6.07) is 4.48. The van der Waals surface area contributed by atoms with E-state index in [9.17, 15) is 4.79 Å². The molecule has 0 heterocycles. The van der Waals surface area contributed by atoms with Gasteiger partial charge >= 0.3 is 0 Å². The lowest BCUT2D eigenvalue weighted by Gasteiger charge is -2.24. The molecule has 1 aliphatic carbocycles. The van der Waals surface area contributed by atoms with Crippen LogP contribution < -0.4 is 0 Å². The van der Waals surface area contributed by atoms with E-state index in [1.165, 1.54) is 22.3 Å². The van der Waals surface area contributed by atoms with Gasteiger partial charge in [-0.15, -0.1) is 0 Å². The zero-order valence-corrected chi connectivity index (χ0v) is 10.5. The van der Waals surface area contributed by atoms with Crippen LogP contribution in [-0.4, -0.2) is 5.78 Å². The Balaban J connectivity index is 2.27. The van der Waals surface area contributed by atoms with Gasteiger partial charge in [-0.05, 0) is 61.8 Å². The SMILES string of the molecule is Cc1ccc(C2CCC(=O)CC2)c(C)c1C. The highest BCUT2D eigenvalue weighted by Gasteiger charge is 2.21. The fraction of sp³-hybridized carbons (Fsp3) is 0.533. The van der Waals surface area contributed by atoms with E-state index in [4.69, 9.17) is 0 Å². The second-order valence-corrected chi connectivity index (χ2v) is 5.03. The van der Waals surface area contributed by atoms with Crippen LogP contribution in [0.2, 0.25) is 0 Å². The molecular weight excluding hydrogens is 196 g/mol. The van der Waals surface area contributed by atoms with Crippen molar-refractivity contribution in [2.45, 2.75) is 52.4 Å². The Morgan fingerprint density at radius 2 is 1.62 bits per heavy atom. The molecule has 2 rings (SSSR count). The van der Waals surface area contributed by atoms with Crippen LogP contribution in [0, 0.1) is 20.8 Å². The lowest BCUT2D eigenvalue weighted by Crippen LogP contribution is -2.13. The molecule has 0 unspecified atom stereocenters. The molecule has 16 heavy (non-hydrogen) atoms. The number of ketones is 1. The first-order valence-electron chi connectivity index (χ1n) is 6.18. The van der Waals surface area contributed by atoms with Gasteiger partial charge in [0.1, 0.15) is 5.78 Å². The highest BCUT2D eigenvalue weighted by Crippen LogP contribution is 2.34. The van der Waals surface area contributed by atoms with Crippen molar-refractivity contribution in [1.29, 1.82) is 0 Å². The highest BCUT2D eigenvalue weighted by molar-refractivity contribution is 5.79. The first-order chi connectivity index (χ1) is 7.59. The fourth-order valence-corrected chi connectivity index (χ4v) is 2.67. The van der Waals surface area contributed by atoms with Gasteiger partial charge < -0.3 is 0 Å². The van der Waals surface area contributed by atoms with E-state index in [1.54, 1.807) is 0 Å². The van der Waals surface area contributed by atoms with Gasteiger partial charge in [-0.3, -0.25) is 4.79 Å². The molecule has 0 radical (unpaired) electrons. The molecule has 0 bridgehead atoms. The van der Waals surface area contributed by atoms with E-state index >= 15 is 0 Å². The zero-order valence-electron chi connectivity index (χ0n) is 10.5. The van der Waals surface area contributed by atoms with Crippen molar-refractivity contribution < 1.29 is 4.79 Å². The van der Waals surface area contributed by atoms with Gasteiger partial charge in [0.15, 0.2) is 0 Å². The predicted molar refractivity (Wildman–Crippen MR) is 66.9 cm³/mol. The van der Waals surface area contributed by atoms with Gasteiger partial charge in [0, 0.05) is 12.8 Å². The number of hydrogen-bond donors (Lipinski definition) is 0. The van der Waals surface area contributed by atoms with E-state index in [2.05, 4.69) is 32.9 Å². The molecule has 1 aromatic rings. The van der Waals surface area contributed by atoms with Gasteiger partial charge in [-0.25, -0.2) is 0 Å². The van der Waals surface area contributed by atoms with Gasteiger partial charge in [0.2, 0.25) is 0 Å². The monoisotopic (exact) mass is 216 g/mol. The van der Waals surface area contributed by atoms with Crippen LogP contribution in [0.4, 0.5) is 0 Å². The number of aryl methyl sites for hydroxylation is 1. The van der Waals surface area contributed by atoms with E-state index in [0.29, 0.717) is 11.7 Å². The maximum atomic E-state index is 11.2. The molecule has 0 atom stereocenters. The maximum Gasteiger partial charge on any atom is 0.132 e. The average Bonchev–Trinajstić information content (AvgIpc) is 2.28. The number of hydrogen-bond acceptors (Lipinski definition) is 1. The van der Waals surface area contributed by atoms with E-state index in [0.717, 1.165) is 25.7 Å². The van der Waals surface area contributed by atoms with Crippen molar-refractivity contribution in [3.63, 3.8) is 0 Å². The second kappa shape index (κ2) is 4.40. The molecule has 1 nitrogen and oxygen atoms in total. The van der Waals surface area contributed by atoms with E-state index in [-0.39, 0.29) is 0 Å². The van der Waals surface area contributed by atoms with Crippen LogP contribution >= 0.6 is 0 Å². The molecule has 1 aromatic carbocycles. The minimum absolute atomic E-state index is 0.442. The van der Waals surface area contributed by atoms with Crippen LogP contribution in [-0.2, 0) is 4.79 Å². The minimum atomic E-state index is 0.442. The average molecular weight is 216 g/mol. The largest absolute Gasteiger partial charge is 0.300 e. The molecule has 0 spiro atoms. The molecule has 1 fully saturated rings. The summed E-state index contributed by atoms with van der Waals surface area (Å²) in [6.45, 7) is 6.58. The normalized spacial score (nSPS) is 17.8. The standard InChI is InChI=1S/C15H20O/c1-10-4-9-15(12(3)11(10)2)13-5-7-14(16)8-6-13/h4,9,13H,5-8H2,1-3H3. The Bertz CT molecular complexity index is 408. The van der Waals surface area contributed by atoms with Crippen molar-refractivity contribution in [1.82, 2.24) is 0 Å². The third kappa shape index (κ3) is 2.04. The topological polar surface area (TPSA) is 17.1 Å². The number of carbonyl (C=O) groups excluding carboxylic acids is 1. The Kier molecular flexibility index (Phi) is 3.13. The van der Waals surface area contributed by atoms with Gasteiger partial charge in [-0.1, -0.05) is 12.1 Å². The minimum Gasteiger partial charge on any atom is -0.300 e. The summed E-state index contributed by atoms with van der Waals surface area (Å²) in [5, 5.41) is 0. The van der Waals surface area contributed by atoms with Crippen molar-refractivity contribution in [3.05, 3.63) is 34.4 Å². The van der Waals surface area contributed by atoms with Crippen LogP contribution in [0.3, 0.4) is 0 Å². The first kappa shape index (κ1) is 11.4. The molecule has 0 saturated heterocycles. The van der Waals surface area contributed by atoms with Crippen LogP contribution in [0.1, 0.15) is 53.9 Å². The summed E-state index contributed by atoms with van der Waals surface area (Å²) in [5.74, 6) is 1.05. The predicted octanol–water partition coefficient (Wildman–Crippen LogP) is 3.84. The molecular formula is C15H20O. The Morgan fingerprint density at radius 1 is 1.00 bits per heavy atom. The van der Waals surface area contributed by atoms with Gasteiger partial charge in [0.05, 0.1) is 0 Å². The number of carbonyl (C=O) groups is 1. The van der Waals surface area contributed by atoms with Crippen molar-refractivity contribution in [2.24, 2.45) is 0 Å². The second-order valence-electron chi connectivity index (χ2n) is 5.03. The molecule has 0 aromatic heterocycles. The van der Waals surface area contributed by atoms with Crippen molar-refractivity contribution in [3.8, 4) is 0 Å². The third-order valence-corrected chi connectivity index (χ3v) is 4.08. The fourth-order valence-electron chi connectivity index (χ4n) is 2.67. The Morgan fingerprint density at radius 3 is 2.25 bits per heavy atom. The molecule has 1 aliphatic rings. The van der Waals surface area contributed by atoms with E-state index in [1.807, 2.05) is 0 Å². The molecule has 0 amide bonds. The van der Waals surface area contributed by atoms with Gasteiger partial charge in [-0.2, -0.15) is 0 Å². The molecule has 0 aliphatic heterocycles. The van der Waals surface area contributed by atoms with Crippen LogP contribution in [0.5, 0.6) is 0 Å². The summed E-state index contributed by atoms with van der Waals surface area (Å²) < 4.78 is 0. The van der Waals surface area contributed by atoms with Crippen LogP contribution in [0.25, 0.3) is 0 Å². The van der Waals surface area contributed by atoms with Gasteiger partial charge in [0.25, 0.3) is 0 Å².